The molecule has 0 aliphatic heterocycles. The van der Waals surface area contributed by atoms with E-state index >= 15 is 0 Å². The summed E-state index contributed by atoms with van der Waals surface area (Å²) in [7, 11) is 0. The number of rotatable bonds is 5. The van der Waals surface area contributed by atoms with Crippen molar-refractivity contribution in [2.45, 2.75) is 0 Å². The molecule has 0 aromatic heterocycles. The second-order valence-corrected chi connectivity index (χ2v) is 13.3. The first-order chi connectivity index (χ1) is 25.3. The summed E-state index contributed by atoms with van der Waals surface area (Å²) in [5, 5.41) is 12.5. The monoisotopic (exact) mass is 647 g/mol. The molecular weight excluding hydrogens is 615 g/mol. The number of anilines is 3. The standard InChI is InChI=1S/C50H33N/c1-4-19-41-34(13-1)16-12-26-42(41)35-27-29-39(30-28-35)51(50-33-38-15-3-6-21-44(38)46-23-9-10-25-48(46)50)40-18-11-17-36(31-40)49-32-37-14-2-5-20-43(37)45-22-7-8-24-47(45)49/h1-33H. The molecule has 238 valence electrons. The van der Waals surface area contributed by atoms with Crippen LogP contribution < -0.4 is 4.90 Å². The van der Waals surface area contributed by atoms with E-state index in [9.17, 15) is 0 Å². The van der Waals surface area contributed by atoms with E-state index in [0.717, 1.165) is 17.1 Å². The Kier molecular flexibility index (Phi) is 6.89. The molecule has 0 saturated carbocycles. The Morgan fingerprint density at radius 3 is 1.51 bits per heavy atom. The van der Waals surface area contributed by atoms with Crippen molar-refractivity contribution >= 4 is 70.9 Å². The molecule has 0 fully saturated rings. The smallest absolute Gasteiger partial charge is 0.0546 e. The summed E-state index contributed by atoms with van der Waals surface area (Å²) in [6.45, 7) is 0. The summed E-state index contributed by atoms with van der Waals surface area (Å²) in [5.41, 5.74) is 8.26. The number of benzene rings is 10. The van der Waals surface area contributed by atoms with Crippen LogP contribution in [0.5, 0.6) is 0 Å². The number of hydrogen-bond donors (Lipinski definition) is 0. The van der Waals surface area contributed by atoms with Gasteiger partial charge in [0.1, 0.15) is 0 Å². The molecule has 0 saturated heterocycles. The minimum Gasteiger partial charge on any atom is -0.310 e. The third-order valence-electron chi connectivity index (χ3n) is 10.4. The van der Waals surface area contributed by atoms with Gasteiger partial charge >= 0.3 is 0 Å². The molecule has 0 aliphatic carbocycles. The zero-order valence-electron chi connectivity index (χ0n) is 28.0. The molecule has 0 unspecified atom stereocenters. The molecule has 51 heavy (non-hydrogen) atoms. The third kappa shape index (κ3) is 4.94. The molecule has 0 atom stereocenters. The van der Waals surface area contributed by atoms with Crippen LogP contribution in [0.1, 0.15) is 0 Å². The van der Waals surface area contributed by atoms with Gasteiger partial charge in [0.2, 0.25) is 0 Å². The summed E-state index contributed by atoms with van der Waals surface area (Å²) in [5.74, 6) is 0. The van der Waals surface area contributed by atoms with Gasteiger partial charge in [0.25, 0.3) is 0 Å². The van der Waals surface area contributed by atoms with Gasteiger partial charge in [-0.05, 0) is 107 Å². The molecule has 1 heteroatoms. The van der Waals surface area contributed by atoms with E-state index in [2.05, 4.69) is 205 Å². The average Bonchev–Trinajstić information content (AvgIpc) is 3.21. The number of nitrogens with zero attached hydrogens (tertiary/aromatic N) is 1. The largest absolute Gasteiger partial charge is 0.310 e. The van der Waals surface area contributed by atoms with Crippen molar-refractivity contribution in [1.82, 2.24) is 0 Å². The molecule has 0 spiro atoms. The zero-order valence-corrected chi connectivity index (χ0v) is 28.0. The molecule has 0 bridgehead atoms. The highest BCUT2D eigenvalue weighted by atomic mass is 15.1. The topological polar surface area (TPSA) is 3.24 Å². The van der Waals surface area contributed by atoms with Crippen LogP contribution in [0.3, 0.4) is 0 Å². The second-order valence-electron chi connectivity index (χ2n) is 13.3. The van der Waals surface area contributed by atoms with E-state index in [-0.39, 0.29) is 0 Å². The fourth-order valence-electron chi connectivity index (χ4n) is 8.02. The zero-order chi connectivity index (χ0) is 33.7. The van der Waals surface area contributed by atoms with Crippen LogP contribution in [-0.2, 0) is 0 Å². The van der Waals surface area contributed by atoms with Crippen molar-refractivity contribution in [1.29, 1.82) is 0 Å². The molecule has 0 heterocycles. The van der Waals surface area contributed by atoms with E-state index in [1.54, 1.807) is 0 Å². The first-order valence-electron chi connectivity index (χ1n) is 17.6. The van der Waals surface area contributed by atoms with Gasteiger partial charge in [-0.2, -0.15) is 0 Å². The Morgan fingerprint density at radius 2 is 0.784 bits per heavy atom. The number of fused-ring (bicyclic) bond motifs is 7. The Bertz CT molecular complexity index is 2910. The van der Waals surface area contributed by atoms with E-state index in [0.29, 0.717) is 0 Å². The Balaban J connectivity index is 1.20. The lowest BCUT2D eigenvalue weighted by Gasteiger charge is -2.28. The van der Waals surface area contributed by atoms with Gasteiger partial charge in [0.15, 0.2) is 0 Å². The van der Waals surface area contributed by atoms with Crippen LogP contribution >= 0.6 is 0 Å². The predicted molar refractivity (Wildman–Crippen MR) is 220 cm³/mol. The van der Waals surface area contributed by atoms with Gasteiger partial charge in [-0.1, -0.05) is 164 Å². The molecule has 10 rings (SSSR count). The van der Waals surface area contributed by atoms with Crippen LogP contribution in [0.2, 0.25) is 0 Å². The van der Waals surface area contributed by atoms with Gasteiger partial charge < -0.3 is 4.90 Å². The Labute approximate surface area is 297 Å². The molecule has 1 nitrogen and oxygen atoms in total. The average molecular weight is 648 g/mol. The van der Waals surface area contributed by atoms with Gasteiger partial charge in [-0.15, -0.1) is 0 Å². The molecule has 0 aliphatic rings. The summed E-state index contributed by atoms with van der Waals surface area (Å²) in [6, 6.07) is 73.1. The molecular formula is C50H33N. The van der Waals surface area contributed by atoms with E-state index in [1.807, 2.05) is 0 Å². The van der Waals surface area contributed by atoms with Crippen LogP contribution in [-0.4, -0.2) is 0 Å². The normalized spacial score (nSPS) is 11.5. The summed E-state index contributed by atoms with van der Waals surface area (Å²) in [6.07, 6.45) is 0. The van der Waals surface area contributed by atoms with Crippen LogP contribution in [0.25, 0.3) is 76.1 Å². The van der Waals surface area contributed by atoms with Crippen LogP contribution in [0, 0.1) is 0 Å². The van der Waals surface area contributed by atoms with Gasteiger partial charge in [0.05, 0.1) is 5.69 Å². The highest BCUT2D eigenvalue weighted by Gasteiger charge is 2.19. The van der Waals surface area contributed by atoms with E-state index in [4.69, 9.17) is 0 Å². The van der Waals surface area contributed by atoms with Gasteiger partial charge in [-0.25, -0.2) is 0 Å². The van der Waals surface area contributed by atoms with Crippen molar-refractivity contribution in [2.24, 2.45) is 0 Å². The Morgan fingerprint density at radius 1 is 0.255 bits per heavy atom. The molecule has 0 N–H and O–H groups in total. The maximum Gasteiger partial charge on any atom is 0.0546 e. The molecule has 0 radical (unpaired) electrons. The summed E-state index contributed by atoms with van der Waals surface area (Å²) >= 11 is 0. The number of hydrogen-bond acceptors (Lipinski definition) is 1. The van der Waals surface area contributed by atoms with Crippen molar-refractivity contribution in [2.75, 3.05) is 4.90 Å². The van der Waals surface area contributed by atoms with Crippen molar-refractivity contribution < 1.29 is 0 Å². The summed E-state index contributed by atoms with van der Waals surface area (Å²) < 4.78 is 0. The second kappa shape index (κ2) is 12.0. The fourth-order valence-corrected chi connectivity index (χ4v) is 8.02. The quantitative estimate of drug-likeness (QED) is 0.168. The molecule has 10 aromatic carbocycles. The molecule has 10 aromatic rings. The van der Waals surface area contributed by atoms with Crippen LogP contribution in [0.4, 0.5) is 17.1 Å². The van der Waals surface area contributed by atoms with Gasteiger partial charge in [0, 0.05) is 16.8 Å². The van der Waals surface area contributed by atoms with Crippen molar-refractivity contribution in [3.05, 3.63) is 200 Å². The van der Waals surface area contributed by atoms with E-state index < -0.39 is 0 Å². The lowest BCUT2D eigenvalue weighted by molar-refractivity contribution is 1.30. The molecule has 0 amide bonds. The van der Waals surface area contributed by atoms with Gasteiger partial charge in [-0.3, -0.25) is 0 Å². The predicted octanol–water partition coefficient (Wildman–Crippen LogP) is 14.3. The SMILES string of the molecule is c1cc(-c2cc3ccccc3c3ccccc23)cc(N(c2ccc(-c3cccc4ccccc34)cc2)c2cc3ccccc3c3ccccc23)c1. The lowest BCUT2D eigenvalue weighted by Crippen LogP contribution is -2.11. The minimum atomic E-state index is 1.11. The van der Waals surface area contributed by atoms with Crippen LogP contribution in [0.15, 0.2) is 200 Å². The third-order valence-corrected chi connectivity index (χ3v) is 10.4. The highest BCUT2D eigenvalue weighted by Crippen LogP contribution is 2.44. The van der Waals surface area contributed by atoms with E-state index in [1.165, 1.54) is 76.1 Å². The highest BCUT2D eigenvalue weighted by molar-refractivity contribution is 6.16. The first-order valence-corrected chi connectivity index (χ1v) is 17.6. The first kappa shape index (κ1) is 29.2. The Hall–Kier alpha value is -6.70. The summed E-state index contributed by atoms with van der Waals surface area (Å²) in [4.78, 5) is 2.44. The maximum absolute atomic E-state index is 2.44. The van der Waals surface area contributed by atoms with Crippen molar-refractivity contribution in [3.63, 3.8) is 0 Å². The fraction of sp³-hybridized carbons (Fsp3) is 0. The minimum absolute atomic E-state index is 1.11. The maximum atomic E-state index is 2.44. The lowest BCUT2D eigenvalue weighted by atomic mass is 9.93. The van der Waals surface area contributed by atoms with Crippen molar-refractivity contribution in [3.8, 4) is 22.3 Å².